The van der Waals surface area contributed by atoms with Crippen LogP contribution in [0.4, 0.5) is 0 Å². The molecule has 1 aliphatic rings. The number of rotatable bonds is 8. The van der Waals surface area contributed by atoms with E-state index in [2.05, 4.69) is 10.4 Å². The van der Waals surface area contributed by atoms with Gasteiger partial charge >= 0.3 is 0 Å². The molecule has 1 fully saturated rings. The van der Waals surface area contributed by atoms with Crippen molar-refractivity contribution in [3.63, 3.8) is 0 Å². The Balaban J connectivity index is 1.69. The molecule has 3 rings (SSSR count). The Labute approximate surface area is 147 Å². The van der Waals surface area contributed by atoms with E-state index >= 15 is 0 Å². The predicted octanol–water partition coefficient (Wildman–Crippen LogP) is 1.65. The highest BCUT2D eigenvalue weighted by Gasteiger charge is 2.40. The number of likely N-dealkylation sites (tertiary alicyclic amines) is 1. The third-order valence-corrected chi connectivity index (χ3v) is 4.80. The summed E-state index contributed by atoms with van der Waals surface area (Å²) in [6.45, 7) is 4.58. The normalized spacial score (nSPS) is 20.6. The fourth-order valence-corrected chi connectivity index (χ4v) is 3.50. The van der Waals surface area contributed by atoms with Crippen LogP contribution in [0.5, 0.6) is 0 Å². The first kappa shape index (κ1) is 17.7. The molecule has 1 saturated heterocycles. The molecule has 1 N–H and O–H groups in total. The van der Waals surface area contributed by atoms with E-state index in [9.17, 15) is 4.79 Å². The van der Waals surface area contributed by atoms with Crippen molar-refractivity contribution in [2.45, 2.75) is 25.9 Å². The van der Waals surface area contributed by atoms with Crippen molar-refractivity contribution >= 4 is 5.91 Å². The van der Waals surface area contributed by atoms with Gasteiger partial charge in [0.15, 0.2) is 0 Å². The molecule has 0 spiro atoms. The lowest BCUT2D eigenvalue weighted by Gasteiger charge is -2.27. The number of carbonyl (C=O) groups excluding carboxylic acids is 1. The van der Waals surface area contributed by atoms with E-state index in [1.807, 2.05) is 37.3 Å². The lowest BCUT2D eigenvalue weighted by Crippen LogP contribution is -2.33. The first-order valence-corrected chi connectivity index (χ1v) is 8.60. The maximum absolute atomic E-state index is 12.5. The number of carbonyl (C=O) groups is 1. The molecule has 136 valence electrons. The maximum Gasteiger partial charge on any atom is 0.223 e. The molecule has 7 heteroatoms. The van der Waals surface area contributed by atoms with E-state index in [1.165, 1.54) is 0 Å². The van der Waals surface area contributed by atoms with Crippen molar-refractivity contribution in [2.24, 2.45) is 13.0 Å². The summed E-state index contributed by atoms with van der Waals surface area (Å²) in [7, 11) is 3.55. The number of hydrogen-bond donors (Lipinski definition) is 1. The van der Waals surface area contributed by atoms with E-state index in [-0.39, 0.29) is 17.9 Å². The van der Waals surface area contributed by atoms with E-state index in [0.29, 0.717) is 26.1 Å². The molecule has 0 bridgehead atoms. The molecule has 3 heterocycles. The zero-order valence-corrected chi connectivity index (χ0v) is 15.1. The summed E-state index contributed by atoms with van der Waals surface area (Å²) in [6, 6.07) is 1.99. The van der Waals surface area contributed by atoms with Gasteiger partial charge in [0.25, 0.3) is 0 Å². The van der Waals surface area contributed by atoms with E-state index in [0.717, 1.165) is 23.4 Å². The van der Waals surface area contributed by atoms with E-state index in [4.69, 9.17) is 9.15 Å². The highest BCUT2D eigenvalue weighted by atomic mass is 16.5. The van der Waals surface area contributed by atoms with Gasteiger partial charge in [0.2, 0.25) is 5.91 Å². The minimum atomic E-state index is 0.0292. The number of nitrogens with one attached hydrogen (secondary N) is 1. The number of aryl methyl sites for hydroxylation is 2. The van der Waals surface area contributed by atoms with Gasteiger partial charge in [-0.15, -0.1) is 0 Å². The van der Waals surface area contributed by atoms with E-state index < -0.39 is 0 Å². The van der Waals surface area contributed by atoms with Crippen molar-refractivity contribution in [1.29, 1.82) is 0 Å². The minimum absolute atomic E-state index is 0.0292. The Morgan fingerprint density at radius 1 is 1.48 bits per heavy atom. The SMILES string of the molecule is COCCN1C(=O)C[C@@H](CNCc2occc2C)[C@@H]1c1cnn(C)c1. The number of ether oxygens (including phenoxy) is 1. The second-order valence-corrected chi connectivity index (χ2v) is 6.59. The first-order valence-electron chi connectivity index (χ1n) is 8.60. The van der Waals surface area contributed by atoms with Crippen LogP contribution in [0.15, 0.2) is 29.1 Å². The molecule has 1 amide bonds. The third kappa shape index (κ3) is 3.93. The minimum Gasteiger partial charge on any atom is -0.468 e. The van der Waals surface area contributed by atoms with Gasteiger partial charge < -0.3 is 19.4 Å². The van der Waals surface area contributed by atoms with Crippen molar-refractivity contribution in [2.75, 3.05) is 26.8 Å². The van der Waals surface area contributed by atoms with Crippen LogP contribution in [0.3, 0.4) is 0 Å². The van der Waals surface area contributed by atoms with Crippen LogP contribution in [0, 0.1) is 12.8 Å². The van der Waals surface area contributed by atoms with Crippen LogP contribution in [-0.2, 0) is 23.1 Å². The Hall–Kier alpha value is -2.12. The van der Waals surface area contributed by atoms with Gasteiger partial charge in [-0.3, -0.25) is 9.48 Å². The fourth-order valence-electron chi connectivity index (χ4n) is 3.50. The van der Waals surface area contributed by atoms with Crippen LogP contribution in [0.1, 0.15) is 29.3 Å². The zero-order chi connectivity index (χ0) is 17.8. The number of furan rings is 1. The Morgan fingerprint density at radius 3 is 2.96 bits per heavy atom. The lowest BCUT2D eigenvalue weighted by atomic mass is 9.95. The number of nitrogens with zero attached hydrogens (tertiary/aromatic N) is 3. The largest absolute Gasteiger partial charge is 0.468 e. The molecule has 0 unspecified atom stereocenters. The van der Waals surface area contributed by atoms with Gasteiger partial charge in [-0.25, -0.2) is 0 Å². The molecule has 25 heavy (non-hydrogen) atoms. The quantitative estimate of drug-likeness (QED) is 0.787. The third-order valence-electron chi connectivity index (χ3n) is 4.80. The topological polar surface area (TPSA) is 72.5 Å². The molecule has 0 aliphatic carbocycles. The van der Waals surface area contributed by atoms with Gasteiger partial charge in [0.05, 0.1) is 31.7 Å². The fraction of sp³-hybridized carbons (Fsp3) is 0.556. The molecular formula is C18H26N4O3. The van der Waals surface area contributed by atoms with Crippen molar-refractivity contribution < 1.29 is 13.9 Å². The Bertz CT molecular complexity index is 709. The van der Waals surface area contributed by atoms with Crippen molar-refractivity contribution in [1.82, 2.24) is 20.0 Å². The molecule has 0 radical (unpaired) electrons. The summed E-state index contributed by atoms with van der Waals surface area (Å²) in [4.78, 5) is 14.4. The van der Waals surface area contributed by atoms with Gasteiger partial charge in [-0.05, 0) is 18.6 Å². The molecule has 0 aromatic carbocycles. The van der Waals surface area contributed by atoms with Crippen LogP contribution in [0.25, 0.3) is 0 Å². The highest BCUT2D eigenvalue weighted by Crippen LogP contribution is 2.37. The Kier molecular flexibility index (Phi) is 5.55. The average molecular weight is 346 g/mol. The van der Waals surface area contributed by atoms with Crippen LogP contribution in [-0.4, -0.2) is 47.4 Å². The summed E-state index contributed by atoms with van der Waals surface area (Å²) in [5, 5.41) is 7.72. The highest BCUT2D eigenvalue weighted by molar-refractivity contribution is 5.79. The smallest absolute Gasteiger partial charge is 0.223 e. The van der Waals surface area contributed by atoms with Crippen molar-refractivity contribution in [3.05, 3.63) is 41.6 Å². The number of methoxy groups -OCH3 is 1. The van der Waals surface area contributed by atoms with Gasteiger partial charge in [-0.1, -0.05) is 0 Å². The van der Waals surface area contributed by atoms with E-state index in [1.54, 1.807) is 18.1 Å². The van der Waals surface area contributed by atoms with Gasteiger partial charge in [0, 0.05) is 51.3 Å². The monoisotopic (exact) mass is 346 g/mol. The molecule has 2 aromatic heterocycles. The maximum atomic E-state index is 12.5. The molecule has 0 saturated carbocycles. The molecule has 2 atom stereocenters. The average Bonchev–Trinajstić information content (AvgIpc) is 3.26. The molecule has 7 nitrogen and oxygen atoms in total. The lowest BCUT2D eigenvalue weighted by molar-refractivity contribution is -0.129. The predicted molar refractivity (Wildman–Crippen MR) is 92.8 cm³/mol. The summed E-state index contributed by atoms with van der Waals surface area (Å²) >= 11 is 0. The Morgan fingerprint density at radius 2 is 2.32 bits per heavy atom. The summed E-state index contributed by atoms with van der Waals surface area (Å²) in [5.41, 5.74) is 2.21. The molecule has 1 aliphatic heterocycles. The number of hydrogen-bond acceptors (Lipinski definition) is 5. The van der Waals surface area contributed by atoms with Crippen molar-refractivity contribution in [3.8, 4) is 0 Å². The summed E-state index contributed by atoms with van der Waals surface area (Å²) < 4.78 is 12.4. The van der Waals surface area contributed by atoms with Gasteiger partial charge in [-0.2, -0.15) is 5.10 Å². The van der Waals surface area contributed by atoms with Crippen LogP contribution in [0.2, 0.25) is 0 Å². The summed E-state index contributed by atoms with van der Waals surface area (Å²) in [6.07, 6.45) is 6.09. The first-order chi connectivity index (χ1) is 12.1. The zero-order valence-electron chi connectivity index (χ0n) is 15.1. The molecular weight excluding hydrogens is 320 g/mol. The number of aromatic nitrogens is 2. The summed E-state index contributed by atoms with van der Waals surface area (Å²) in [5.74, 6) is 1.31. The van der Waals surface area contributed by atoms with Crippen LogP contribution < -0.4 is 5.32 Å². The second kappa shape index (κ2) is 7.84. The van der Waals surface area contributed by atoms with Gasteiger partial charge in [0.1, 0.15) is 5.76 Å². The standard InChI is InChI=1S/C18H26N4O3/c1-13-4-6-25-16(13)11-19-9-14-8-17(23)22(5-7-24-3)18(14)15-10-20-21(2)12-15/h4,6,10,12,14,18-19H,5,7-9,11H2,1-3H3/t14-,18+/m0/s1. The van der Waals surface area contributed by atoms with Crippen LogP contribution >= 0.6 is 0 Å². The number of amides is 1. The second-order valence-electron chi connectivity index (χ2n) is 6.59. The molecule has 2 aromatic rings.